The molecule has 33 heavy (non-hydrogen) atoms. The third kappa shape index (κ3) is 4.21. The van der Waals surface area contributed by atoms with Crippen LogP contribution in [0.1, 0.15) is 66.2 Å². The second kappa shape index (κ2) is 8.31. The normalized spacial score (nSPS) is 23.6. The highest BCUT2D eigenvalue weighted by Gasteiger charge is 2.50. The average molecular weight is 459 g/mol. The van der Waals surface area contributed by atoms with E-state index in [4.69, 9.17) is 5.73 Å². The van der Waals surface area contributed by atoms with Crippen LogP contribution in [0.2, 0.25) is 0 Å². The molecule has 1 atom stereocenters. The van der Waals surface area contributed by atoms with Crippen molar-refractivity contribution < 1.29 is 18.0 Å². The maximum absolute atomic E-state index is 13.6. The van der Waals surface area contributed by atoms with Crippen LogP contribution in [0.3, 0.4) is 0 Å². The third-order valence-electron chi connectivity index (χ3n) is 7.92. The summed E-state index contributed by atoms with van der Waals surface area (Å²) in [6, 6.07) is 9.86. The van der Waals surface area contributed by atoms with Gasteiger partial charge >= 0.3 is 6.18 Å². The molecule has 2 saturated heterocycles. The van der Waals surface area contributed by atoms with Gasteiger partial charge in [0.25, 0.3) is 5.91 Å². The summed E-state index contributed by atoms with van der Waals surface area (Å²) < 4.78 is 40.8. The molecule has 5 nitrogen and oxygen atoms in total. The lowest BCUT2D eigenvalue weighted by atomic mass is 9.59. The summed E-state index contributed by atoms with van der Waals surface area (Å²) in [5, 5.41) is 0. The molecule has 0 bridgehead atoms. The highest BCUT2D eigenvalue weighted by atomic mass is 19.4. The molecule has 1 saturated carbocycles. The molecule has 3 heterocycles. The lowest BCUT2D eigenvalue weighted by Crippen LogP contribution is -2.55. The molecule has 3 aliphatic rings. The van der Waals surface area contributed by atoms with E-state index >= 15 is 0 Å². The molecule has 2 aliphatic heterocycles. The average Bonchev–Trinajstić information content (AvgIpc) is 3.26. The van der Waals surface area contributed by atoms with E-state index < -0.39 is 17.6 Å². The molecule has 0 radical (unpaired) electrons. The van der Waals surface area contributed by atoms with E-state index in [-0.39, 0.29) is 11.7 Å². The van der Waals surface area contributed by atoms with Crippen molar-refractivity contribution in [2.75, 3.05) is 24.5 Å². The number of nitrogens with two attached hydrogens (primary N) is 1. The van der Waals surface area contributed by atoms with Gasteiger partial charge in [-0.25, -0.2) is 4.98 Å². The second-order valence-corrected chi connectivity index (χ2v) is 9.80. The number of hydrogen-bond acceptors (Lipinski definition) is 4. The van der Waals surface area contributed by atoms with Crippen molar-refractivity contribution in [3.63, 3.8) is 0 Å². The van der Waals surface area contributed by atoms with Gasteiger partial charge in [0.1, 0.15) is 5.69 Å². The van der Waals surface area contributed by atoms with Gasteiger partial charge in [-0.1, -0.05) is 18.2 Å². The van der Waals surface area contributed by atoms with Crippen LogP contribution in [-0.4, -0.2) is 41.5 Å². The van der Waals surface area contributed by atoms with Crippen LogP contribution >= 0.6 is 0 Å². The van der Waals surface area contributed by atoms with Crippen molar-refractivity contribution in [3.8, 4) is 0 Å². The summed E-state index contributed by atoms with van der Waals surface area (Å²) in [6.45, 7) is 2.72. The fourth-order valence-corrected chi connectivity index (χ4v) is 6.15. The zero-order valence-electron chi connectivity index (χ0n) is 18.5. The molecule has 1 spiro atoms. The summed E-state index contributed by atoms with van der Waals surface area (Å²) in [5.74, 6) is -0.530. The predicted molar refractivity (Wildman–Crippen MR) is 120 cm³/mol. The van der Waals surface area contributed by atoms with Crippen LogP contribution in [0.15, 0.2) is 42.6 Å². The van der Waals surface area contributed by atoms with E-state index in [1.54, 1.807) is 24.4 Å². The number of primary amides is 1. The summed E-state index contributed by atoms with van der Waals surface area (Å²) in [5.41, 5.74) is 6.77. The van der Waals surface area contributed by atoms with Gasteiger partial charge in [0, 0.05) is 25.2 Å². The minimum absolute atomic E-state index is 0.139. The molecule has 5 rings (SSSR count). The molecule has 2 aromatic rings. The Kier molecular flexibility index (Phi) is 5.59. The van der Waals surface area contributed by atoms with Crippen molar-refractivity contribution >= 4 is 11.6 Å². The SMILES string of the molecule is NC(=O)c1ccc(N2CCC3(CC2)CC(N2CCC[C@H]2c2ccccc2C(F)(F)F)C3)cn1. The third-order valence-corrected chi connectivity index (χ3v) is 7.92. The number of carbonyl (C=O) groups excluding carboxylic acids is 1. The summed E-state index contributed by atoms with van der Waals surface area (Å²) in [6.07, 6.45) is 3.38. The quantitative estimate of drug-likeness (QED) is 0.716. The number of amides is 1. The summed E-state index contributed by atoms with van der Waals surface area (Å²) >= 11 is 0. The van der Waals surface area contributed by atoms with Crippen molar-refractivity contribution in [2.24, 2.45) is 11.1 Å². The maximum atomic E-state index is 13.6. The Labute approximate surface area is 191 Å². The van der Waals surface area contributed by atoms with Crippen molar-refractivity contribution in [1.82, 2.24) is 9.88 Å². The predicted octanol–water partition coefficient (Wildman–Crippen LogP) is 4.79. The first-order valence-electron chi connectivity index (χ1n) is 11.7. The molecule has 1 amide bonds. The van der Waals surface area contributed by atoms with Gasteiger partial charge in [-0.3, -0.25) is 9.69 Å². The van der Waals surface area contributed by atoms with Crippen LogP contribution < -0.4 is 10.6 Å². The van der Waals surface area contributed by atoms with E-state index in [0.717, 1.165) is 63.8 Å². The number of pyridine rings is 1. The van der Waals surface area contributed by atoms with Crippen LogP contribution in [0.5, 0.6) is 0 Å². The van der Waals surface area contributed by atoms with Gasteiger partial charge in [0.15, 0.2) is 0 Å². The second-order valence-electron chi connectivity index (χ2n) is 9.80. The summed E-state index contributed by atoms with van der Waals surface area (Å²) in [4.78, 5) is 20.0. The summed E-state index contributed by atoms with van der Waals surface area (Å²) in [7, 11) is 0. The van der Waals surface area contributed by atoms with Crippen LogP contribution in [0, 0.1) is 5.41 Å². The van der Waals surface area contributed by atoms with Crippen LogP contribution in [0.4, 0.5) is 18.9 Å². The van der Waals surface area contributed by atoms with E-state index in [1.807, 2.05) is 6.07 Å². The number of piperidine rings is 1. The largest absolute Gasteiger partial charge is 0.416 e. The Morgan fingerprint density at radius 1 is 1.06 bits per heavy atom. The molecular formula is C25H29F3N4O. The number of nitrogens with zero attached hydrogens (tertiary/aromatic N) is 3. The maximum Gasteiger partial charge on any atom is 0.416 e. The number of benzene rings is 1. The van der Waals surface area contributed by atoms with Crippen molar-refractivity contribution in [1.29, 1.82) is 0 Å². The van der Waals surface area contributed by atoms with Gasteiger partial charge in [-0.2, -0.15) is 13.2 Å². The number of alkyl halides is 3. The highest BCUT2D eigenvalue weighted by Crippen LogP contribution is 2.54. The zero-order chi connectivity index (χ0) is 23.2. The fourth-order valence-electron chi connectivity index (χ4n) is 6.15. The van der Waals surface area contributed by atoms with Gasteiger partial charge in [0.2, 0.25) is 0 Å². The number of hydrogen-bond donors (Lipinski definition) is 1. The number of anilines is 1. The van der Waals surface area contributed by atoms with E-state index in [0.29, 0.717) is 17.0 Å². The van der Waals surface area contributed by atoms with Gasteiger partial charge in [-0.15, -0.1) is 0 Å². The number of aromatic nitrogens is 1. The molecule has 1 aliphatic carbocycles. The lowest BCUT2D eigenvalue weighted by molar-refractivity contribution is -0.139. The fraction of sp³-hybridized carbons (Fsp3) is 0.520. The zero-order valence-corrected chi connectivity index (χ0v) is 18.5. The van der Waals surface area contributed by atoms with Gasteiger partial charge in [-0.05, 0) is 74.2 Å². The molecule has 176 valence electrons. The van der Waals surface area contributed by atoms with E-state index in [9.17, 15) is 18.0 Å². The van der Waals surface area contributed by atoms with Crippen LogP contribution in [0.25, 0.3) is 0 Å². The number of likely N-dealkylation sites (tertiary alicyclic amines) is 1. The monoisotopic (exact) mass is 458 g/mol. The minimum Gasteiger partial charge on any atom is -0.370 e. The Balaban J connectivity index is 1.22. The van der Waals surface area contributed by atoms with Gasteiger partial charge < -0.3 is 10.6 Å². The number of halogens is 3. The first-order chi connectivity index (χ1) is 15.8. The topological polar surface area (TPSA) is 62.5 Å². The Morgan fingerprint density at radius 2 is 1.79 bits per heavy atom. The molecular weight excluding hydrogens is 429 g/mol. The van der Waals surface area contributed by atoms with Crippen LogP contribution in [-0.2, 0) is 6.18 Å². The molecule has 8 heteroatoms. The van der Waals surface area contributed by atoms with E-state index in [1.165, 1.54) is 12.1 Å². The molecule has 2 N–H and O–H groups in total. The first kappa shape index (κ1) is 22.2. The molecule has 3 fully saturated rings. The number of carbonyl (C=O) groups is 1. The standard InChI is InChI=1S/C25H29F3N4O/c26-25(27,28)20-5-2-1-4-19(20)22-6-3-11-32(22)18-14-24(15-18)9-12-31(13-10-24)17-7-8-21(23(29)33)30-16-17/h1-2,4-5,7-8,16,18,22H,3,6,9-15H2,(H2,29,33)/t22-/m0/s1. The molecule has 1 aromatic heterocycles. The Bertz CT molecular complexity index is 1010. The highest BCUT2D eigenvalue weighted by molar-refractivity contribution is 5.90. The van der Waals surface area contributed by atoms with E-state index in [2.05, 4.69) is 14.8 Å². The van der Waals surface area contributed by atoms with Crippen molar-refractivity contribution in [3.05, 3.63) is 59.4 Å². The van der Waals surface area contributed by atoms with Gasteiger partial charge in [0.05, 0.1) is 17.4 Å². The number of rotatable bonds is 4. The molecule has 1 aromatic carbocycles. The smallest absolute Gasteiger partial charge is 0.370 e. The minimum atomic E-state index is -4.32. The lowest BCUT2D eigenvalue weighted by Gasteiger charge is -2.56. The first-order valence-corrected chi connectivity index (χ1v) is 11.7. The molecule has 0 unspecified atom stereocenters. The Morgan fingerprint density at radius 3 is 2.42 bits per heavy atom. The van der Waals surface area contributed by atoms with Crippen molar-refractivity contribution in [2.45, 2.75) is 56.8 Å². The Hall–Kier alpha value is -2.61.